The Balaban J connectivity index is 2.13. The lowest BCUT2D eigenvalue weighted by atomic mass is 10.1. The maximum Gasteiger partial charge on any atom is 0.130 e. The lowest BCUT2D eigenvalue weighted by Gasteiger charge is -2.38. The predicted octanol–water partition coefficient (Wildman–Crippen LogP) is 1.25. The van der Waals surface area contributed by atoms with Gasteiger partial charge >= 0.3 is 0 Å². The number of aromatic nitrogens is 1. The summed E-state index contributed by atoms with van der Waals surface area (Å²) in [6, 6.07) is 12.0. The van der Waals surface area contributed by atoms with E-state index >= 15 is 0 Å². The molecule has 1 aromatic heterocycles. The number of nitriles is 1. The van der Waals surface area contributed by atoms with Gasteiger partial charge in [0.2, 0.25) is 0 Å². The molecule has 2 N–H and O–H groups in total. The molecule has 17 heavy (non-hydrogen) atoms. The second-order valence-electron chi connectivity index (χ2n) is 4.32. The summed E-state index contributed by atoms with van der Waals surface area (Å²) in [5.41, 5.74) is 7.29. The van der Waals surface area contributed by atoms with Crippen molar-refractivity contribution < 1.29 is 0 Å². The summed E-state index contributed by atoms with van der Waals surface area (Å²) in [4.78, 5) is 6.65. The van der Waals surface area contributed by atoms with Crippen molar-refractivity contribution in [3.63, 3.8) is 0 Å². The van der Waals surface area contributed by atoms with Crippen LogP contribution in [0, 0.1) is 11.3 Å². The van der Waals surface area contributed by atoms with Crippen molar-refractivity contribution in [3.8, 4) is 6.07 Å². The number of rotatable bonds is 1. The van der Waals surface area contributed by atoms with Gasteiger partial charge in [0.1, 0.15) is 5.82 Å². The van der Waals surface area contributed by atoms with Crippen LogP contribution in [0.4, 0.5) is 5.82 Å². The van der Waals surface area contributed by atoms with Crippen LogP contribution in [0.3, 0.4) is 0 Å². The van der Waals surface area contributed by atoms with Crippen LogP contribution in [0.2, 0.25) is 0 Å². The number of hydrogen-bond donors (Lipinski definition) is 1. The largest absolute Gasteiger partial charge is 0.353 e. The molecule has 1 aliphatic heterocycles. The molecule has 3 rings (SSSR count). The van der Waals surface area contributed by atoms with Crippen molar-refractivity contribution >= 4 is 16.7 Å². The number of pyridine rings is 1. The highest BCUT2D eigenvalue weighted by molar-refractivity contribution is 5.86. The third-order valence-electron chi connectivity index (χ3n) is 3.06. The lowest BCUT2D eigenvalue weighted by Crippen LogP contribution is -2.56. The fourth-order valence-electron chi connectivity index (χ4n) is 2.12. The average Bonchev–Trinajstić information content (AvgIpc) is 2.33. The van der Waals surface area contributed by atoms with E-state index in [-0.39, 0.29) is 6.04 Å². The summed E-state index contributed by atoms with van der Waals surface area (Å²) in [6.07, 6.45) is 0. The Morgan fingerprint density at radius 1 is 1.35 bits per heavy atom. The third kappa shape index (κ3) is 1.61. The SMILES string of the molecule is N#Cc1cc(N2CC(N)C2)nc2ccccc12. The van der Waals surface area contributed by atoms with Crippen LogP contribution in [-0.2, 0) is 0 Å². The fraction of sp³-hybridized carbons (Fsp3) is 0.231. The van der Waals surface area contributed by atoms with E-state index in [1.807, 2.05) is 30.3 Å². The first-order chi connectivity index (χ1) is 8.28. The van der Waals surface area contributed by atoms with E-state index in [0.717, 1.165) is 29.8 Å². The molecule has 1 fully saturated rings. The molecule has 0 aliphatic carbocycles. The normalized spacial score (nSPS) is 15.6. The minimum atomic E-state index is 0.230. The average molecular weight is 224 g/mol. The Kier molecular flexibility index (Phi) is 2.20. The molecule has 0 bridgehead atoms. The number of nitrogens with zero attached hydrogens (tertiary/aromatic N) is 3. The number of hydrogen-bond acceptors (Lipinski definition) is 4. The number of benzene rings is 1. The standard InChI is InChI=1S/C13H12N4/c14-6-9-5-13(17-7-10(15)8-17)16-12-4-2-1-3-11(9)12/h1-5,10H,7-8,15H2. The summed E-state index contributed by atoms with van der Waals surface area (Å²) in [5.74, 6) is 0.849. The minimum absolute atomic E-state index is 0.230. The van der Waals surface area contributed by atoms with E-state index in [0.29, 0.717) is 5.56 Å². The summed E-state index contributed by atoms with van der Waals surface area (Å²) in [5, 5.41) is 10.1. The zero-order chi connectivity index (χ0) is 11.8. The van der Waals surface area contributed by atoms with E-state index in [1.54, 1.807) is 0 Å². The second-order valence-corrected chi connectivity index (χ2v) is 4.32. The van der Waals surface area contributed by atoms with Gasteiger partial charge in [0.15, 0.2) is 0 Å². The molecule has 4 nitrogen and oxygen atoms in total. The van der Waals surface area contributed by atoms with Gasteiger partial charge in [-0.1, -0.05) is 18.2 Å². The van der Waals surface area contributed by atoms with Gasteiger partial charge in [0, 0.05) is 24.5 Å². The van der Waals surface area contributed by atoms with Crippen molar-refractivity contribution in [3.05, 3.63) is 35.9 Å². The first-order valence-corrected chi connectivity index (χ1v) is 5.58. The first kappa shape index (κ1) is 10.1. The van der Waals surface area contributed by atoms with Gasteiger partial charge in [0.05, 0.1) is 17.1 Å². The molecule has 2 aromatic rings. The molecule has 0 radical (unpaired) electrons. The molecular formula is C13H12N4. The van der Waals surface area contributed by atoms with Crippen LogP contribution in [0.5, 0.6) is 0 Å². The van der Waals surface area contributed by atoms with Crippen LogP contribution in [0.15, 0.2) is 30.3 Å². The third-order valence-corrected chi connectivity index (χ3v) is 3.06. The summed E-state index contributed by atoms with van der Waals surface area (Å²) < 4.78 is 0. The maximum atomic E-state index is 9.16. The maximum absolute atomic E-state index is 9.16. The highest BCUT2D eigenvalue weighted by Crippen LogP contribution is 2.24. The quantitative estimate of drug-likeness (QED) is 0.791. The van der Waals surface area contributed by atoms with Gasteiger partial charge in [-0.3, -0.25) is 0 Å². The second kappa shape index (κ2) is 3.72. The fourth-order valence-corrected chi connectivity index (χ4v) is 2.12. The topological polar surface area (TPSA) is 65.9 Å². The monoisotopic (exact) mass is 224 g/mol. The van der Waals surface area contributed by atoms with Crippen LogP contribution in [0.25, 0.3) is 10.9 Å². The van der Waals surface area contributed by atoms with Crippen LogP contribution in [-0.4, -0.2) is 24.1 Å². The minimum Gasteiger partial charge on any atom is -0.353 e. The molecule has 4 heteroatoms. The molecule has 0 atom stereocenters. The summed E-state index contributed by atoms with van der Waals surface area (Å²) >= 11 is 0. The van der Waals surface area contributed by atoms with E-state index in [2.05, 4.69) is 16.0 Å². The van der Waals surface area contributed by atoms with Crippen LogP contribution >= 0.6 is 0 Å². The first-order valence-electron chi connectivity index (χ1n) is 5.58. The van der Waals surface area contributed by atoms with Crippen LogP contribution < -0.4 is 10.6 Å². The molecular weight excluding hydrogens is 212 g/mol. The molecule has 1 aromatic carbocycles. The van der Waals surface area contributed by atoms with Crippen molar-refractivity contribution in [2.24, 2.45) is 5.73 Å². The Morgan fingerprint density at radius 2 is 2.12 bits per heavy atom. The summed E-state index contributed by atoms with van der Waals surface area (Å²) in [7, 11) is 0. The Morgan fingerprint density at radius 3 is 2.82 bits per heavy atom. The van der Waals surface area contributed by atoms with Crippen LogP contribution in [0.1, 0.15) is 5.56 Å². The Hall–Kier alpha value is -2.12. The smallest absolute Gasteiger partial charge is 0.130 e. The highest BCUT2D eigenvalue weighted by atomic mass is 15.3. The van der Waals surface area contributed by atoms with E-state index in [4.69, 9.17) is 11.0 Å². The molecule has 0 spiro atoms. The molecule has 2 heterocycles. The number of para-hydroxylation sites is 1. The van der Waals surface area contributed by atoms with E-state index < -0.39 is 0 Å². The summed E-state index contributed by atoms with van der Waals surface area (Å²) in [6.45, 7) is 1.63. The van der Waals surface area contributed by atoms with Gasteiger partial charge < -0.3 is 10.6 Å². The van der Waals surface area contributed by atoms with Crippen molar-refractivity contribution in [1.82, 2.24) is 4.98 Å². The number of fused-ring (bicyclic) bond motifs is 1. The zero-order valence-corrected chi connectivity index (χ0v) is 9.30. The number of nitrogens with two attached hydrogens (primary N) is 1. The van der Waals surface area contributed by atoms with E-state index in [9.17, 15) is 0 Å². The molecule has 84 valence electrons. The molecule has 0 amide bonds. The molecule has 1 saturated heterocycles. The van der Waals surface area contributed by atoms with Crippen molar-refractivity contribution in [1.29, 1.82) is 5.26 Å². The van der Waals surface area contributed by atoms with Gasteiger partial charge in [-0.2, -0.15) is 5.26 Å². The molecule has 0 unspecified atom stereocenters. The number of anilines is 1. The Labute approximate surface area is 99.3 Å². The molecule has 1 aliphatic rings. The van der Waals surface area contributed by atoms with E-state index in [1.165, 1.54) is 0 Å². The highest BCUT2D eigenvalue weighted by Gasteiger charge is 2.24. The molecule has 0 saturated carbocycles. The van der Waals surface area contributed by atoms with Crippen molar-refractivity contribution in [2.45, 2.75) is 6.04 Å². The van der Waals surface area contributed by atoms with Gasteiger partial charge in [-0.05, 0) is 12.1 Å². The van der Waals surface area contributed by atoms with Gasteiger partial charge in [-0.25, -0.2) is 4.98 Å². The Bertz CT molecular complexity index is 608. The predicted molar refractivity (Wildman–Crippen MR) is 66.6 cm³/mol. The zero-order valence-electron chi connectivity index (χ0n) is 9.30. The lowest BCUT2D eigenvalue weighted by molar-refractivity contribution is 0.515. The van der Waals surface area contributed by atoms with Gasteiger partial charge in [0.25, 0.3) is 0 Å². The van der Waals surface area contributed by atoms with Crippen molar-refractivity contribution in [2.75, 3.05) is 18.0 Å². The van der Waals surface area contributed by atoms with Gasteiger partial charge in [-0.15, -0.1) is 0 Å².